The van der Waals surface area contributed by atoms with Crippen LogP contribution >= 0.6 is 11.3 Å². The summed E-state index contributed by atoms with van der Waals surface area (Å²) >= 11 is 1.69. The number of thiophene rings is 1. The van der Waals surface area contributed by atoms with Crippen LogP contribution in [0.2, 0.25) is 0 Å². The van der Waals surface area contributed by atoms with E-state index < -0.39 is 0 Å². The van der Waals surface area contributed by atoms with Gasteiger partial charge in [0.2, 0.25) is 0 Å². The lowest BCUT2D eigenvalue weighted by atomic mass is 10.1. The highest BCUT2D eigenvalue weighted by atomic mass is 32.1. The molecular formula is C25H26N4O2S. The number of nitrogens with one attached hydrogen (secondary N) is 2. The van der Waals surface area contributed by atoms with Crippen molar-refractivity contribution in [1.29, 1.82) is 0 Å². The van der Waals surface area contributed by atoms with E-state index in [1.807, 2.05) is 43.3 Å². The van der Waals surface area contributed by atoms with Crippen LogP contribution < -0.4 is 10.6 Å². The number of nitrogens with zero attached hydrogens (tertiary/aromatic N) is 2. The van der Waals surface area contributed by atoms with E-state index in [0.717, 1.165) is 33.0 Å². The molecule has 164 valence electrons. The zero-order valence-corrected chi connectivity index (χ0v) is 19.2. The number of aryl methyl sites for hydroxylation is 3. The topological polar surface area (TPSA) is 87.1 Å². The molecule has 2 aromatic heterocycles. The van der Waals surface area contributed by atoms with Crippen molar-refractivity contribution < 1.29 is 9.90 Å². The molecule has 4 rings (SSSR count). The van der Waals surface area contributed by atoms with E-state index in [0.29, 0.717) is 25.1 Å². The molecule has 1 amide bonds. The quantitative estimate of drug-likeness (QED) is 0.376. The minimum absolute atomic E-state index is 0.0965. The molecular weight excluding hydrogens is 420 g/mol. The first-order valence-corrected chi connectivity index (χ1v) is 11.4. The number of phenolic OH excluding ortho intramolecular Hbond substituents is 1. The fourth-order valence-electron chi connectivity index (χ4n) is 3.53. The maximum absolute atomic E-state index is 12.4. The van der Waals surface area contributed by atoms with Crippen LogP contribution in [0.15, 0.2) is 48.5 Å². The van der Waals surface area contributed by atoms with Gasteiger partial charge in [0.05, 0.1) is 5.39 Å². The molecule has 2 heterocycles. The Morgan fingerprint density at radius 1 is 0.969 bits per heavy atom. The molecule has 0 aliphatic rings. The maximum atomic E-state index is 12.4. The number of hydrogen-bond donors (Lipinski definition) is 3. The molecule has 0 spiro atoms. The van der Waals surface area contributed by atoms with E-state index in [4.69, 9.17) is 0 Å². The van der Waals surface area contributed by atoms with Gasteiger partial charge >= 0.3 is 0 Å². The van der Waals surface area contributed by atoms with Gasteiger partial charge in [-0.25, -0.2) is 9.97 Å². The predicted molar refractivity (Wildman–Crippen MR) is 130 cm³/mol. The normalized spacial score (nSPS) is 11.0. The third-order valence-electron chi connectivity index (χ3n) is 5.45. The third-order valence-corrected chi connectivity index (χ3v) is 6.55. The van der Waals surface area contributed by atoms with E-state index in [1.54, 1.807) is 23.5 Å². The van der Waals surface area contributed by atoms with Crippen LogP contribution in [0.1, 0.15) is 37.7 Å². The molecule has 6 nitrogen and oxygen atoms in total. The summed E-state index contributed by atoms with van der Waals surface area (Å²) in [7, 11) is 0. The number of anilines is 1. The SMILES string of the molecule is Cc1nc(NCc2ccc(C(=O)NCCc3ccc(O)cc3)cc2)c2c(C)c(C)sc2n1. The van der Waals surface area contributed by atoms with E-state index in [1.165, 1.54) is 10.4 Å². The van der Waals surface area contributed by atoms with Crippen LogP contribution in [0.25, 0.3) is 10.2 Å². The number of fused-ring (bicyclic) bond motifs is 1. The molecule has 2 aromatic carbocycles. The molecule has 0 saturated heterocycles. The first kappa shape index (κ1) is 21.8. The average Bonchev–Trinajstić information content (AvgIpc) is 3.07. The summed E-state index contributed by atoms with van der Waals surface area (Å²) in [6.07, 6.45) is 0.711. The van der Waals surface area contributed by atoms with Crippen molar-refractivity contribution in [3.05, 3.63) is 81.5 Å². The number of phenols is 1. The molecule has 0 fully saturated rings. The van der Waals surface area contributed by atoms with E-state index in [2.05, 4.69) is 34.4 Å². The predicted octanol–water partition coefficient (Wildman–Crippen LogP) is 4.91. The minimum atomic E-state index is -0.0965. The van der Waals surface area contributed by atoms with Crippen molar-refractivity contribution in [3.8, 4) is 5.75 Å². The Hall–Kier alpha value is -3.45. The van der Waals surface area contributed by atoms with Crippen LogP contribution in [0, 0.1) is 20.8 Å². The number of aromatic nitrogens is 2. The molecule has 0 radical (unpaired) electrons. The van der Waals surface area contributed by atoms with Gasteiger partial charge in [-0.3, -0.25) is 4.79 Å². The van der Waals surface area contributed by atoms with Gasteiger partial charge in [-0.05, 0) is 68.1 Å². The summed E-state index contributed by atoms with van der Waals surface area (Å²) in [6, 6.07) is 14.6. The number of amides is 1. The lowest BCUT2D eigenvalue weighted by molar-refractivity contribution is 0.0954. The zero-order chi connectivity index (χ0) is 22.7. The molecule has 32 heavy (non-hydrogen) atoms. The monoisotopic (exact) mass is 446 g/mol. The lowest BCUT2D eigenvalue weighted by Crippen LogP contribution is -2.25. The van der Waals surface area contributed by atoms with Crippen molar-refractivity contribution in [2.75, 3.05) is 11.9 Å². The first-order chi connectivity index (χ1) is 15.4. The third kappa shape index (κ3) is 4.89. The average molecular weight is 447 g/mol. The van der Waals surface area contributed by atoms with Crippen LogP contribution in [-0.2, 0) is 13.0 Å². The van der Waals surface area contributed by atoms with Crippen molar-refractivity contribution in [2.45, 2.75) is 33.7 Å². The molecule has 4 aromatic rings. The van der Waals surface area contributed by atoms with E-state index in [-0.39, 0.29) is 11.7 Å². The fourth-order valence-corrected chi connectivity index (χ4v) is 4.60. The van der Waals surface area contributed by atoms with Crippen molar-refractivity contribution in [2.24, 2.45) is 0 Å². The van der Waals surface area contributed by atoms with Crippen molar-refractivity contribution in [3.63, 3.8) is 0 Å². The lowest BCUT2D eigenvalue weighted by Gasteiger charge is -2.10. The highest BCUT2D eigenvalue weighted by Gasteiger charge is 2.13. The molecule has 0 aliphatic carbocycles. The van der Waals surface area contributed by atoms with Gasteiger partial charge in [0.1, 0.15) is 22.2 Å². The Kier molecular flexibility index (Phi) is 6.37. The van der Waals surface area contributed by atoms with Crippen molar-refractivity contribution in [1.82, 2.24) is 15.3 Å². The Morgan fingerprint density at radius 2 is 1.66 bits per heavy atom. The summed E-state index contributed by atoms with van der Waals surface area (Å²) in [5.41, 5.74) is 3.98. The molecule has 0 atom stereocenters. The largest absolute Gasteiger partial charge is 0.508 e. The second-order valence-electron chi connectivity index (χ2n) is 7.81. The van der Waals surface area contributed by atoms with Gasteiger partial charge in [-0.15, -0.1) is 11.3 Å². The first-order valence-electron chi connectivity index (χ1n) is 10.5. The maximum Gasteiger partial charge on any atom is 0.251 e. The number of rotatable bonds is 7. The summed E-state index contributed by atoms with van der Waals surface area (Å²) in [4.78, 5) is 23.9. The molecule has 0 aliphatic heterocycles. The Morgan fingerprint density at radius 3 is 2.38 bits per heavy atom. The van der Waals surface area contributed by atoms with Gasteiger partial charge in [0, 0.05) is 23.5 Å². The standard InChI is InChI=1S/C25H26N4O2S/c1-15-16(2)32-25-22(15)23(28-17(3)29-25)27-14-19-4-8-20(9-5-19)24(31)26-13-12-18-6-10-21(30)11-7-18/h4-11,30H,12-14H2,1-3H3,(H,26,31)(H,27,28,29). The zero-order valence-electron chi connectivity index (χ0n) is 18.4. The summed E-state index contributed by atoms with van der Waals surface area (Å²) in [5.74, 6) is 1.75. The van der Waals surface area contributed by atoms with Crippen LogP contribution in [-0.4, -0.2) is 27.5 Å². The Bertz CT molecular complexity index is 1250. The number of hydrogen-bond acceptors (Lipinski definition) is 6. The van der Waals surface area contributed by atoms with Gasteiger partial charge in [-0.2, -0.15) is 0 Å². The highest BCUT2D eigenvalue weighted by Crippen LogP contribution is 2.33. The van der Waals surface area contributed by atoms with Crippen molar-refractivity contribution >= 4 is 33.3 Å². The highest BCUT2D eigenvalue weighted by molar-refractivity contribution is 7.18. The Labute approximate surface area is 191 Å². The van der Waals surface area contributed by atoms with Gasteiger partial charge in [-0.1, -0.05) is 24.3 Å². The fraction of sp³-hybridized carbons (Fsp3) is 0.240. The second-order valence-corrected chi connectivity index (χ2v) is 9.01. The minimum Gasteiger partial charge on any atom is -0.508 e. The number of benzene rings is 2. The van der Waals surface area contributed by atoms with Crippen LogP contribution in [0.3, 0.4) is 0 Å². The number of carbonyl (C=O) groups is 1. The van der Waals surface area contributed by atoms with Crippen LogP contribution in [0.5, 0.6) is 5.75 Å². The number of aromatic hydroxyl groups is 1. The van der Waals surface area contributed by atoms with Crippen LogP contribution in [0.4, 0.5) is 5.82 Å². The summed E-state index contributed by atoms with van der Waals surface area (Å²) in [6.45, 7) is 7.27. The van der Waals surface area contributed by atoms with Gasteiger partial charge in [0.15, 0.2) is 0 Å². The Balaban J connectivity index is 1.35. The molecule has 0 unspecified atom stereocenters. The molecule has 0 saturated carbocycles. The molecule has 3 N–H and O–H groups in total. The summed E-state index contributed by atoms with van der Waals surface area (Å²) in [5, 5.41) is 16.8. The van der Waals surface area contributed by atoms with Gasteiger partial charge < -0.3 is 15.7 Å². The van der Waals surface area contributed by atoms with E-state index in [9.17, 15) is 9.90 Å². The molecule has 7 heteroatoms. The second kappa shape index (κ2) is 9.36. The van der Waals surface area contributed by atoms with E-state index >= 15 is 0 Å². The number of carbonyl (C=O) groups excluding carboxylic acids is 1. The molecule has 0 bridgehead atoms. The van der Waals surface area contributed by atoms with Gasteiger partial charge in [0.25, 0.3) is 5.91 Å². The smallest absolute Gasteiger partial charge is 0.251 e. The summed E-state index contributed by atoms with van der Waals surface area (Å²) < 4.78 is 0.